The molecule has 6 N–H and O–H groups in total. The number of benzene rings is 2. The van der Waals surface area contributed by atoms with Gasteiger partial charge in [0.2, 0.25) is 17.7 Å². The third kappa shape index (κ3) is 6.89. The van der Waals surface area contributed by atoms with Gasteiger partial charge in [0, 0.05) is 30.8 Å². The summed E-state index contributed by atoms with van der Waals surface area (Å²) in [6.07, 6.45) is -3.34. The van der Waals surface area contributed by atoms with E-state index in [0.29, 0.717) is 18.5 Å². The summed E-state index contributed by atoms with van der Waals surface area (Å²) in [5.74, 6) is -0.422. The van der Waals surface area contributed by atoms with Crippen LogP contribution in [0.5, 0.6) is 11.6 Å². The predicted molar refractivity (Wildman–Crippen MR) is 159 cm³/mol. The number of methoxy groups -OCH3 is 1. The van der Waals surface area contributed by atoms with E-state index in [1.54, 1.807) is 18.2 Å². The number of hydrogen-bond acceptors (Lipinski definition) is 10. The first-order chi connectivity index (χ1) is 20.9. The highest BCUT2D eigenvalue weighted by molar-refractivity contribution is 5.98. The number of fused-ring (bicyclic) bond motifs is 1. The van der Waals surface area contributed by atoms with Crippen molar-refractivity contribution in [2.45, 2.75) is 51.0 Å². The summed E-state index contributed by atoms with van der Waals surface area (Å²) in [5, 5.41) is 8.90. The highest BCUT2D eigenvalue weighted by Gasteiger charge is 2.33. The van der Waals surface area contributed by atoms with Crippen molar-refractivity contribution in [3.63, 3.8) is 0 Å². The van der Waals surface area contributed by atoms with E-state index in [0.717, 1.165) is 18.6 Å². The Morgan fingerprint density at radius 1 is 1.16 bits per heavy atom. The van der Waals surface area contributed by atoms with Crippen molar-refractivity contribution in [3.8, 4) is 22.9 Å². The molecule has 3 heterocycles. The number of carbonyl (C=O) groups is 1. The van der Waals surface area contributed by atoms with Gasteiger partial charge in [-0.05, 0) is 51.0 Å². The summed E-state index contributed by atoms with van der Waals surface area (Å²) in [5.41, 5.74) is 5.15. The van der Waals surface area contributed by atoms with Gasteiger partial charge in [-0.15, -0.1) is 0 Å². The summed E-state index contributed by atoms with van der Waals surface area (Å²) in [6, 6.07) is 8.60. The number of H-pyrrole nitrogens is 1. The lowest BCUT2D eigenvalue weighted by Crippen LogP contribution is -2.38. The van der Waals surface area contributed by atoms with Gasteiger partial charge in [0.15, 0.2) is 11.6 Å². The van der Waals surface area contributed by atoms with Crippen LogP contribution < -0.4 is 32.0 Å². The molecule has 3 atom stereocenters. The molecule has 1 aliphatic heterocycles. The van der Waals surface area contributed by atoms with Crippen molar-refractivity contribution >= 4 is 34.4 Å². The number of ether oxygens (including phenoxy) is 2. The topological polar surface area (TPSA) is 169 Å². The van der Waals surface area contributed by atoms with Crippen LogP contribution in [0.25, 0.3) is 22.3 Å². The minimum absolute atomic E-state index is 0.00430. The summed E-state index contributed by atoms with van der Waals surface area (Å²) in [7, 11) is 1.53. The van der Waals surface area contributed by atoms with Crippen LogP contribution in [-0.2, 0) is 15.7 Å². The quantitative estimate of drug-likeness (QED) is 0.184. The number of nitrogens with one attached hydrogen (secondary N) is 4. The van der Waals surface area contributed by atoms with Gasteiger partial charge in [-0.1, -0.05) is 12.1 Å². The normalized spacial score (nSPS) is 17.4. The Bertz CT molecular complexity index is 1750. The van der Waals surface area contributed by atoms with Crippen LogP contribution in [0.15, 0.2) is 47.3 Å². The van der Waals surface area contributed by atoms with E-state index < -0.39 is 29.2 Å². The van der Waals surface area contributed by atoms with Crippen LogP contribution in [-0.4, -0.2) is 57.7 Å². The molecular formula is C29H31F3N8O4. The van der Waals surface area contributed by atoms with Crippen LogP contribution in [0.2, 0.25) is 0 Å². The van der Waals surface area contributed by atoms with Crippen LogP contribution >= 0.6 is 0 Å². The van der Waals surface area contributed by atoms with Gasteiger partial charge in [-0.25, -0.2) is 9.97 Å². The van der Waals surface area contributed by atoms with Gasteiger partial charge >= 0.3 is 6.18 Å². The first-order valence-corrected chi connectivity index (χ1v) is 13.8. The van der Waals surface area contributed by atoms with E-state index in [2.05, 4.69) is 35.9 Å². The number of hydrogen-bond donors (Lipinski definition) is 5. The zero-order valence-electron chi connectivity index (χ0n) is 24.1. The number of nitrogen functional groups attached to an aromatic ring is 1. The maximum Gasteiger partial charge on any atom is 0.416 e. The van der Waals surface area contributed by atoms with E-state index in [1.807, 2.05) is 13.8 Å². The smallest absolute Gasteiger partial charge is 0.416 e. The van der Waals surface area contributed by atoms with Crippen molar-refractivity contribution in [1.29, 1.82) is 0 Å². The number of nitrogens with zero attached hydrogens (tertiary/aromatic N) is 3. The summed E-state index contributed by atoms with van der Waals surface area (Å²) in [6.45, 7) is 4.06. The van der Waals surface area contributed by atoms with Gasteiger partial charge in [0.25, 0.3) is 5.56 Å². The Labute approximate surface area is 249 Å². The first kappa shape index (κ1) is 30.7. The maximum atomic E-state index is 13.7. The number of halogens is 3. The summed E-state index contributed by atoms with van der Waals surface area (Å²) >= 11 is 0. The fraction of sp³-hybridized carbons (Fsp3) is 0.345. The van der Waals surface area contributed by atoms with E-state index in [-0.39, 0.29) is 57.9 Å². The maximum absolute atomic E-state index is 13.7. The molecule has 0 bridgehead atoms. The van der Waals surface area contributed by atoms with Gasteiger partial charge in [-0.2, -0.15) is 18.2 Å². The molecule has 1 aliphatic rings. The molecule has 1 saturated heterocycles. The number of amides is 1. The number of rotatable bonds is 9. The number of nitrogens with two attached hydrogens (primary N) is 1. The predicted octanol–water partition coefficient (Wildman–Crippen LogP) is 4.30. The molecule has 0 spiro atoms. The second-order valence-corrected chi connectivity index (χ2v) is 10.6. The molecule has 0 saturated carbocycles. The van der Waals surface area contributed by atoms with Gasteiger partial charge < -0.3 is 36.1 Å². The minimum atomic E-state index is -4.65. The fourth-order valence-corrected chi connectivity index (χ4v) is 4.88. The molecule has 2 aromatic carbocycles. The molecule has 1 fully saturated rings. The van der Waals surface area contributed by atoms with E-state index in [4.69, 9.17) is 15.2 Å². The zero-order valence-corrected chi connectivity index (χ0v) is 24.1. The number of carbonyl (C=O) groups excluding carboxylic acids is 1. The molecule has 232 valence electrons. The number of para-hydroxylation sites is 1. The van der Waals surface area contributed by atoms with Crippen LogP contribution in [0, 0.1) is 0 Å². The van der Waals surface area contributed by atoms with Crippen molar-refractivity contribution in [1.82, 2.24) is 25.3 Å². The Morgan fingerprint density at radius 2 is 1.95 bits per heavy atom. The fourth-order valence-electron chi connectivity index (χ4n) is 4.88. The van der Waals surface area contributed by atoms with E-state index >= 15 is 0 Å². The molecule has 5 rings (SSSR count). The second-order valence-electron chi connectivity index (χ2n) is 10.6. The Balaban J connectivity index is 1.60. The van der Waals surface area contributed by atoms with Crippen molar-refractivity contribution in [2.24, 2.45) is 0 Å². The average molecular weight is 613 g/mol. The highest BCUT2D eigenvalue weighted by atomic mass is 19.4. The third-order valence-electron chi connectivity index (χ3n) is 6.99. The van der Waals surface area contributed by atoms with Gasteiger partial charge in [-0.3, -0.25) is 9.59 Å². The number of alkyl halides is 3. The SMILES string of the molecule is COC[C@H](C)Nc1nc(Oc2cccc3[nH]c(=O)c(N)nc23)cc(-c2ccc(C(F)(F)F)cc2NC(=O)[C@@H]2CCC(C)N2)n1. The Kier molecular flexibility index (Phi) is 8.69. The summed E-state index contributed by atoms with van der Waals surface area (Å²) in [4.78, 5) is 40.8. The minimum Gasteiger partial charge on any atom is -0.436 e. The second kappa shape index (κ2) is 12.5. The molecule has 2 aromatic heterocycles. The standard InChI is InChI=1S/C29H31F3N8O4/c1-14-7-10-19(34-14)26(41)37-20-11-16(29(30,31)32)8-9-17(20)21-12-23(39-28(38-21)35-15(2)13-43-3)44-22-6-4-5-18-24(22)40-25(33)27(42)36-18/h4-6,8-9,11-12,14-15,19,34H,7,10,13H2,1-3H3,(H2,33,40)(H,36,42)(H,37,41)(H,35,38,39)/t14?,15-,19-/m0/s1. The summed E-state index contributed by atoms with van der Waals surface area (Å²) < 4.78 is 52.5. The molecule has 0 radical (unpaired) electrons. The average Bonchev–Trinajstić information content (AvgIpc) is 3.40. The lowest BCUT2D eigenvalue weighted by molar-refractivity contribution is -0.137. The van der Waals surface area contributed by atoms with Crippen molar-refractivity contribution in [2.75, 3.05) is 30.1 Å². The molecule has 1 amide bonds. The lowest BCUT2D eigenvalue weighted by atomic mass is 10.0. The molecule has 12 nitrogen and oxygen atoms in total. The molecular weight excluding hydrogens is 581 g/mol. The van der Waals surface area contributed by atoms with Crippen molar-refractivity contribution < 1.29 is 27.4 Å². The van der Waals surface area contributed by atoms with Crippen LogP contribution in [0.4, 0.5) is 30.6 Å². The first-order valence-electron chi connectivity index (χ1n) is 13.8. The van der Waals surface area contributed by atoms with Crippen LogP contribution in [0.3, 0.4) is 0 Å². The van der Waals surface area contributed by atoms with Crippen molar-refractivity contribution in [3.05, 3.63) is 58.4 Å². The molecule has 44 heavy (non-hydrogen) atoms. The molecule has 0 aliphatic carbocycles. The Hall–Kier alpha value is -4.76. The molecule has 4 aromatic rings. The van der Waals surface area contributed by atoms with E-state index in [1.165, 1.54) is 19.2 Å². The highest BCUT2D eigenvalue weighted by Crippen LogP contribution is 2.37. The van der Waals surface area contributed by atoms with Gasteiger partial charge in [0.05, 0.1) is 35.1 Å². The zero-order chi connectivity index (χ0) is 31.6. The number of aromatic amines is 1. The van der Waals surface area contributed by atoms with Gasteiger partial charge in [0.1, 0.15) is 5.52 Å². The third-order valence-corrected chi connectivity index (χ3v) is 6.99. The molecule has 1 unspecified atom stereocenters. The van der Waals surface area contributed by atoms with E-state index in [9.17, 15) is 22.8 Å². The Morgan fingerprint density at radius 3 is 2.66 bits per heavy atom. The number of aromatic nitrogens is 4. The largest absolute Gasteiger partial charge is 0.436 e. The monoisotopic (exact) mass is 612 g/mol. The molecule has 15 heteroatoms. The lowest BCUT2D eigenvalue weighted by Gasteiger charge is -2.19. The number of anilines is 3. The van der Waals surface area contributed by atoms with Crippen LogP contribution in [0.1, 0.15) is 32.3 Å².